The van der Waals surface area contributed by atoms with E-state index in [4.69, 9.17) is 4.74 Å². The molecule has 0 saturated carbocycles. The van der Waals surface area contributed by atoms with Crippen molar-refractivity contribution in [3.63, 3.8) is 0 Å². The minimum absolute atomic E-state index is 0.0776. The minimum atomic E-state index is -0.0776. The number of ether oxygens (including phenoxy) is 1. The summed E-state index contributed by atoms with van der Waals surface area (Å²) in [7, 11) is 0. The highest BCUT2D eigenvalue weighted by molar-refractivity contribution is 7.99. The molecule has 1 amide bonds. The molecule has 0 spiro atoms. The van der Waals surface area contributed by atoms with E-state index in [9.17, 15) is 4.79 Å². The number of thioether (sulfide) groups is 1. The van der Waals surface area contributed by atoms with Crippen LogP contribution in [0.3, 0.4) is 0 Å². The maximum absolute atomic E-state index is 12.8. The van der Waals surface area contributed by atoms with E-state index in [0.717, 1.165) is 48.2 Å². The quantitative estimate of drug-likeness (QED) is 0.443. The molecule has 9 heteroatoms. The Morgan fingerprint density at radius 2 is 1.83 bits per heavy atom. The first-order valence-corrected chi connectivity index (χ1v) is 13.1. The monoisotopic (exact) mass is 494 g/mol. The van der Waals surface area contributed by atoms with Gasteiger partial charge in [-0.3, -0.25) is 9.36 Å². The average molecular weight is 495 g/mol. The zero-order chi connectivity index (χ0) is 24.8. The van der Waals surface area contributed by atoms with Gasteiger partial charge in [0.1, 0.15) is 0 Å². The molecule has 0 radical (unpaired) electrons. The van der Waals surface area contributed by atoms with Crippen LogP contribution in [0.5, 0.6) is 0 Å². The Balaban J connectivity index is 1.47. The molecule has 35 heavy (non-hydrogen) atoms. The van der Waals surface area contributed by atoms with Gasteiger partial charge in [-0.05, 0) is 63.6 Å². The normalized spacial score (nSPS) is 13.8. The first kappa shape index (κ1) is 25.1. The van der Waals surface area contributed by atoms with E-state index in [2.05, 4.69) is 81.8 Å². The topological polar surface area (TPSA) is 75.5 Å². The highest BCUT2D eigenvalue weighted by Gasteiger charge is 2.23. The Kier molecular flexibility index (Phi) is 8.30. The van der Waals surface area contributed by atoms with Crippen LogP contribution in [0.15, 0.2) is 53.7 Å². The van der Waals surface area contributed by atoms with Crippen LogP contribution in [0.4, 0.5) is 17.3 Å². The third kappa shape index (κ3) is 5.97. The number of morpholine rings is 1. The lowest BCUT2D eigenvalue weighted by molar-refractivity contribution is -0.113. The molecule has 186 valence electrons. The largest absolute Gasteiger partial charge is 0.378 e. The second-order valence-corrected chi connectivity index (χ2v) is 9.71. The third-order valence-electron chi connectivity index (χ3n) is 6.05. The van der Waals surface area contributed by atoms with E-state index in [-0.39, 0.29) is 11.7 Å². The Labute approximate surface area is 211 Å². The number of benzene rings is 2. The number of amides is 1. The summed E-state index contributed by atoms with van der Waals surface area (Å²) in [5, 5.41) is 12.6. The lowest BCUT2D eigenvalue weighted by Crippen LogP contribution is -2.38. The van der Waals surface area contributed by atoms with Crippen molar-refractivity contribution in [2.45, 2.75) is 38.9 Å². The van der Waals surface area contributed by atoms with Crippen LogP contribution in [0, 0.1) is 6.92 Å². The maximum Gasteiger partial charge on any atom is 0.234 e. The second kappa shape index (κ2) is 11.6. The number of aryl methyl sites for hydroxylation is 1. The summed E-state index contributed by atoms with van der Waals surface area (Å²) in [6.45, 7) is 12.4. The fourth-order valence-corrected chi connectivity index (χ4v) is 5.00. The predicted molar refractivity (Wildman–Crippen MR) is 143 cm³/mol. The number of nitrogens with one attached hydrogen (secondary N) is 1. The number of nitrogens with zero attached hydrogens (tertiary/aromatic N) is 5. The van der Waals surface area contributed by atoms with E-state index in [0.29, 0.717) is 24.4 Å². The SMILES string of the molecule is CCN(c1ccc(NC(=O)CSc2nnc(N3CCOCC3)n2-c2ccccc2C)cc1)C(C)C. The third-order valence-corrected chi connectivity index (χ3v) is 6.97. The molecular weight excluding hydrogens is 460 g/mol. The maximum atomic E-state index is 12.8. The van der Waals surface area contributed by atoms with E-state index >= 15 is 0 Å². The fraction of sp³-hybridized carbons (Fsp3) is 0.423. The van der Waals surface area contributed by atoms with Crippen LogP contribution in [0.2, 0.25) is 0 Å². The summed E-state index contributed by atoms with van der Waals surface area (Å²) in [6.07, 6.45) is 0. The van der Waals surface area contributed by atoms with E-state index in [1.165, 1.54) is 11.8 Å². The van der Waals surface area contributed by atoms with Gasteiger partial charge in [-0.25, -0.2) is 0 Å². The Morgan fingerprint density at radius 3 is 2.49 bits per heavy atom. The molecule has 1 aliphatic rings. The van der Waals surface area contributed by atoms with Gasteiger partial charge in [0.15, 0.2) is 5.16 Å². The number of aromatic nitrogens is 3. The van der Waals surface area contributed by atoms with Gasteiger partial charge >= 0.3 is 0 Å². The van der Waals surface area contributed by atoms with Crippen LogP contribution >= 0.6 is 11.8 Å². The van der Waals surface area contributed by atoms with Crippen molar-refractivity contribution in [2.24, 2.45) is 0 Å². The molecule has 1 saturated heterocycles. The average Bonchev–Trinajstić information content (AvgIpc) is 3.28. The Hall–Kier alpha value is -3.04. The molecule has 1 fully saturated rings. The number of carbonyl (C=O) groups excluding carboxylic acids is 1. The number of rotatable bonds is 9. The molecule has 8 nitrogen and oxygen atoms in total. The van der Waals surface area contributed by atoms with Crippen LogP contribution in [0.25, 0.3) is 5.69 Å². The molecule has 0 bridgehead atoms. The van der Waals surface area contributed by atoms with Crippen molar-refractivity contribution < 1.29 is 9.53 Å². The molecule has 3 aromatic rings. The van der Waals surface area contributed by atoms with Crippen LogP contribution in [0.1, 0.15) is 26.3 Å². The molecule has 0 unspecified atom stereocenters. The van der Waals surface area contributed by atoms with Gasteiger partial charge < -0.3 is 19.9 Å². The summed E-state index contributed by atoms with van der Waals surface area (Å²) in [6, 6.07) is 16.6. The summed E-state index contributed by atoms with van der Waals surface area (Å²) >= 11 is 1.39. The van der Waals surface area contributed by atoms with E-state index in [1.807, 2.05) is 24.3 Å². The minimum Gasteiger partial charge on any atom is -0.378 e. The second-order valence-electron chi connectivity index (χ2n) is 8.77. The van der Waals surface area contributed by atoms with Crippen molar-refractivity contribution in [2.75, 3.05) is 53.7 Å². The zero-order valence-corrected chi connectivity index (χ0v) is 21.7. The summed E-state index contributed by atoms with van der Waals surface area (Å²) < 4.78 is 7.57. The fourth-order valence-electron chi connectivity index (χ4n) is 4.26. The molecule has 4 rings (SSSR count). The number of anilines is 3. The number of para-hydroxylation sites is 1. The van der Waals surface area contributed by atoms with Crippen LogP contribution in [-0.2, 0) is 9.53 Å². The molecule has 2 heterocycles. The van der Waals surface area contributed by atoms with Gasteiger partial charge in [0.25, 0.3) is 0 Å². The van der Waals surface area contributed by atoms with Crippen molar-refractivity contribution in [3.05, 3.63) is 54.1 Å². The standard InChI is InChI=1S/C26H34N6O2S/c1-5-31(19(2)3)22-12-10-21(11-13-22)27-24(33)18-35-26-29-28-25(30-14-16-34-17-15-30)32(26)23-9-7-6-8-20(23)4/h6-13,19H,5,14-18H2,1-4H3,(H,27,33). The highest BCUT2D eigenvalue weighted by Crippen LogP contribution is 2.29. The summed E-state index contributed by atoms with van der Waals surface area (Å²) in [5.41, 5.74) is 4.07. The van der Waals surface area contributed by atoms with Crippen molar-refractivity contribution in [1.29, 1.82) is 0 Å². The smallest absolute Gasteiger partial charge is 0.234 e. The van der Waals surface area contributed by atoms with E-state index < -0.39 is 0 Å². The van der Waals surface area contributed by atoms with Gasteiger partial charge in [-0.15, -0.1) is 10.2 Å². The Bertz CT molecular complexity index is 1130. The van der Waals surface area contributed by atoms with Crippen molar-refractivity contribution in [1.82, 2.24) is 14.8 Å². The number of hydrogen-bond acceptors (Lipinski definition) is 7. The van der Waals surface area contributed by atoms with Crippen LogP contribution in [-0.4, -0.2) is 65.3 Å². The lowest BCUT2D eigenvalue weighted by atomic mass is 10.2. The zero-order valence-electron chi connectivity index (χ0n) is 20.9. The van der Waals surface area contributed by atoms with E-state index in [1.54, 1.807) is 0 Å². The molecule has 0 atom stereocenters. The van der Waals surface area contributed by atoms with Crippen molar-refractivity contribution >= 4 is 35.0 Å². The molecule has 1 N–H and O–H groups in total. The van der Waals surface area contributed by atoms with Gasteiger partial charge in [0.2, 0.25) is 11.9 Å². The molecule has 1 aromatic heterocycles. The van der Waals surface area contributed by atoms with Crippen molar-refractivity contribution in [3.8, 4) is 5.69 Å². The summed E-state index contributed by atoms with van der Waals surface area (Å²) in [4.78, 5) is 17.3. The molecule has 0 aliphatic carbocycles. The van der Waals surface area contributed by atoms with Gasteiger partial charge in [0, 0.05) is 37.1 Å². The first-order chi connectivity index (χ1) is 17.0. The molecule has 1 aliphatic heterocycles. The highest BCUT2D eigenvalue weighted by atomic mass is 32.2. The van der Waals surface area contributed by atoms with Crippen LogP contribution < -0.4 is 15.1 Å². The van der Waals surface area contributed by atoms with Gasteiger partial charge in [-0.1, -0.05) is 30.0 Å². The number of hydrogen-bond donors (Lipinski definition) is 1. The Morgan fingerprint density at radius 1 is 1.11 bits per heavy atom. The first-order valence-electron chi connectivity index (χ1n) is 12.1. The van der Waals surface area contributed by atoms with Gasteiger partial charge in [0.05, 0.1) is 24.7 Å². The number of carbonyl (C=O) groups is 1. The van der Waals surface area contributed by atoms with Gasteiger partial charge in [-0.2, -0.15) is 0 Å². The molecule has 2 aromatic carbocycles. The lowest BCUT2D eigenvalue weighted by Gasteiger charge is -2.28. The summed E-state index contributed by atoms with van der Waals surface area (Å²) in [5.74, 6) is 0.944. The predicted octanol–water partition coefficient (Wildman–Crippen LogP) is 4.38. The molecular formula is C26H34N6O2S.